The Kier molecular flexibility index (Phi) is 13.7. The van der Waals surface area contributed by atoms with Crippen molar-refractivity contribution < 1.29 is 9.84 Å². The van der Waals surface area contributed by atoms with Crippen LogP contribution in [0.15, 0.2) is 12.5 Å². The molecule has 0 aliphatic rings. The second-order valence-corrected chi connectivity index (χ2v) is 4.34. The fourth-order valence-corrected chi connectivity index (χ4v) is 1.78. The molecule has 0 spiro atoms. The van der Waals surface area contributed by atoms with Gasteiger partial charge in [0.1, 0.15) is 12.5 Å². The summed E-state index contributed by atoms with van der Waals surface area (Å²) in [5, 5.41) is 8.32. The Morgan fingerprint density at radius 2 is 1.31 bits per heavy atom. The highest BCUT2D eigenvalue weighted by molar-refractivity contribution is 4.56. The van der Waals surface area contributed by atoms with Crippen LogP contribution in [0.25, 0.3) is 0 Å². The van der Waals surface area contributed by atoms with Gasteiger partial charge in [-0.25, -0.2) is 0 Å². The highest BCUT2D eigenvalue weighted by Gasteiger charge is 1.92. The number of ether oxygens (including phenoxy) is 1. The van der Waals surface area contributed by atoms with Crippen LogP contribution in [0.2, 0.25) is 0 Å². The Balaban J connectivity index is 2.88. The summed E-state index contributed by atoms with van der Waals surface area (Å²) in [6.07, 6.45) is 15.7. The van der Waals surface area contributed by atoms with E-state index in [9.17, 15) is 0 Å². The molecular weight excluding hydrogens is 200 g/mol. The molecule has 0 bridgehead atoms. The molecule has 96 valence electrons. The van der Waals surface area contributed by atoms with Gasteiger partial charge in [0.25, 0.3) is 0 Å². The van der Waals surface area contributed by atoms with Gasteiger partial charge in [-0.15, -0.1) is 0 Å². The molecule has 0 fully saturated rings. The molecule has 0 amide bonds. The van der Waals surface area contributed by atoms with Crippen molar-refractivity contribution >= 4 is 0 Å². The van der Waals surface area contributed by atoms with Crippen LogP contribution in [0, 0.1) is 0 Å². The summed E-state index contributed by atoms with van der Waals surface area (Å²) in [6.45, 7) is 2.99. The van der Waals surface area contributed by atoms with E-state index in [1.54, 1.807) is 0 Å². The maximum Gasteiger partial charge on any atom is 0.117 e. The van der Waals surface area contributed by atoms with Gasteiger partial charge < -0.3 is 9.84 Å². The molecule has 0 aromatic carbocycles. The van der Waals surface area contributed by atoms with E-state index in [1.165, 1.54) is 64.0 Å². The third-order valence-corrected chi connectivity index (χ3v) is 2.77. The van der Waals surface area contributed by atoms with Crippen molar-refractivity contribution in [1.29, 1.82) is 0 Å². The summed E-state index contributed by atoms with van der Waals surface area (Å²) in [5.74, 6) is 0. The van der Waals surface area contributed by atoms with Crippen LogP contribution in [-0.2, 0) is 4.74 Å². The van der Waals surface area contributed by atoms with Crippen LogP contribution in [0.4, 0.5) is 0 Å². The molecule has 0 aromatic heterocycles. The maximum absolute atomic E-state index is 8.32. The van der Waals surface area contributed by atoms with Crippen molar-refractivity contribution in [2.45, 2.75) is 71.1 Å². The largest absolute Gasteiger partial charge is 0.512 e. The molecule has 2 nitrogen and oxygen atoms in total. The summed E-state index contributed by atoms with van der Waals surface area (Å²) in [4.78, 5) is 0. The van der Waals surface area contributed by atoms with Gasteiger partial charge in [0.05, 0.1) is 6.61 Å². The van der Waals surface area contributed by atoms with Crippen molar-refractivity contribution in [1.82, 2.24) is 0 Å². The molecule has 0 aliphatic heterocycles. The molecule has 0 saturated carbocycles. The van der Waals surface area contributed by atoms with Crippen molar-refractivity contribution in [3.63, 3.8) is 0 Å². The quantitative estimate of drug-likeness (QED) is 0.378. The molecule has 0 radical (unpaired) electrons. The van der Waals surface area contributed by atoms with Gasteiger partial charge in [-0.3, -0.25) is 0 Å². The van der Waals surface area contributed by atoms with Gasteiger partial charge in [-0.05, 0) is 6.42 Å². The lowest BCUT2D eigenvalue weighted by Gasteiger charge is -2.02. The van der Waals surface area contributed by atoms with E-state index < -0.39 is 0 Å². The highest BCUT2D eigenvalue weighted by Crippen LogP contribution is 2.10. The smallest absolute Gasteiger partial charge is 0.117 e. The summed E-state index contributed by atoms with van der Waals surface area (Å²) in [7, 11) is 0. The fraction of sp³-hybridized carbons (Fsp3) is 0.857. The van der Waals surface area contributed by atoms with Gasteiger partial charge in [-0.1, -0.05) is 64.7 Å². The number of unbranched alkanes of at least 4 members (excludes halogenated alkanes) is 9. The Hall–Kier alpha value is -0.660. The van der Waals surface area contributed by atoms with Crippen LogP contribution in [0.1, 0.15) is 71.1 Å². The normalized spacial score (nSPS) is 11.1. The van der Waals surface area contributed by atoms with Gasteiger partial charge in [0, 0.05) is 0 Å². The van der Waals surface area contributed by atoms with E-state index >= 15 is 0 Å². The molecule has 0 rings (SSSR count). The first-order valence-corrected chi connectivity index (χ1v) is 6.82. The Labute approximate surface area is 101 Å². The van der Waals surface area contributed by atoms with Crippen LogP contribution in [0.5, 0.6) is 0 Å². The SMILES string of the molecule is CCCCCCCCCCCCOC=CO. The zero-order chi connectivity index (χ0) is 11.9. The van der Waals surface area contributed by atoms with E-state index in [1.807, 2.05) is 0 Å². The lowest BCUT2D eigenvalue weighted by Crippen LogP contribution is -1.88. The molecule has 2 heteroatoms. The molecule has 0 heterocycles. The summed E-state index contributed by atoms with van der Waals surface area (Å²) < 4.78 is 5.02. The zero-order valence-electron chi connectivity index (χ0n) is 10.8. The number of rotatable bonds is 12. The number of hydrogen-bond donors (Lipinski definition) is 1. The molecule has 0 saturated heterocycles. The summed E-state index contributed by atoms with van der Waals surface area (Å²) >= 11 is 0. The second-order valence-electron chi connectivity index (χ2n) is 4.34. The molecule has 0 aliphatic carbocycles. The standard InChI is InChI=1S/C14H28O2/c1-2-3-4-5-6-7-8-9-10-11-13-16-14-12-15/h12,14-15H,2-11,13H2,1H3. The van der Waals surface area contributed by atoms with Gasteiger partial charge in [0.2, 0.25) is 0 Å². The maximum atomic E-state index is 8.32. The highest BCUT2D eigenvalue weighted by atomic mass is 16.5. The number of hydrogen-bond acceptors (Lipinski definition) is 2. The number of aliphatic hydroxyl groups is 1. The topological polar surface area (TPSA) is 29.5 Å². The van der Waals surface area contributed by atoms with Crippen molar-refractivity contribution in [2.75, 3.05) is 6.61 Å². The second kappa shape index (κ2) is 14.3. The van der Waals surface area contributed by atoms with E-state index in [0.717, 1.165) is 19.3 Å². The Bertz CT molecular complexity index is 144. The first-order chi connectivity index (χ1) is 7.91. The number of aliphatic hydroxyl groups excluding tert-OH is 1. The minimum Gasteiger partial charge on any atom is -0.512 e. The lowest BCUT2D eigenvalue weighted by molar-refractivity contribution is 0.230. The minimum absolute atomic E-state index is 0.730. The lowest BCUT2D eigenvalue weighted by atomic mass is 10.1. The Morgan fingerprint density at radius 3 is 1.81 bits per heavy atom. The van der Waals surface area contributed by atoms with Crippen molar-refractivity contribution in [3.05, 3.63) is 12.5 Å². The predicted octanol–water partition coefficient (Wildman–Crippen LogP) is 4.95. The average molecular weight is 228 g/mol. The first kappa shape index (κ1) is 15.3. The predicted molar refractivity (Wildman–Crippen MR) is 69.6 cm³/mol. The van der Waals surface area contributed by atoms with Crippen LogP contribution < -0.4 is 0 Å². The third-order valence-electron chi connectivity index (χ3n) is 2.77. The van der Waals surface area contributed by atoms with Crippen molar-refractivity contribution in [2.24, 2.45) is 0 Å². The van der Waals surface area contributed by atoms with E-state index in [4.69, 9.17) is 9.84 Å². The summed E-state index contributed by atoms with van der Waals surface area (Å²) in [5.41, 5.74) is 0. The Morgan fingerprint density at radius 1 is 0.812 bits per heavy atom. The molecule has 0 aromatic rings. The molecule has 1 N–H and O–H groups in total. The van der Waals surface area contributed by atoms with E-state index in [-0.39, 0.29) is 0 Å². The molecule has 0 unspecified atom stereocenters. The monoisotopic (exact) mass is 228 g/mol. The van der Waals surface area contributed by atoms with E-state index in [2.05, 4.69) is 6.92 Å². The molecule has 16 heavy (non-hydrogen) atoms. The van der Waals surface area contributed by atoms with Crippen molar-refractivity contribution in [3.8, 4) is 0 Å². The van der Waals surface area contributed by atoms with Gasteiger partial charge in [-0.2, -0.15) is 0 Å². The van der Waals surface area contributed by atoms with Crippen LogP contribution >= 0.6 is 0 Å². The first-order valence-electron chi connectivity index (χ1n) is 6.82. The van der Waals surface area contributed by atoms with Crippen LogP contribution in [0.3, 0.4) is 0 Å². The molecule has 0 atom stereocenters. The third kappa shape index (κ3) is 13.3. The minimum atomic E-state index is 0.730. The fourth-order valence-electron chi connectivity index (χ4n) is 1.78. The summed E-state index contributed by atoms with van der Waals surface area (Å²) in [6, 6.07) is 0. The van der Waals surface area contributed by atoms with Gasteiger partial charge in [0.15, 0.2) is 0 Å². The zero-order valence-corrected chi connectivity index (χ0v) is 10.8. The van der Waals surface area contributed by atoms with Crippen LogP contribution in [-0.4, -0.2) is 11.7 Å². The van der Waals surface area contributed by atoms with Gasteiger partial charge >= 0.3 is 0 Å². The van der Waals surface area contributed by atoms with E-state index in [0.29, 0.717) is 0 Å². The average Bonchev–Trinajstić information content (AvgIpc) is 2.31. The molecular formula is C14H28O2.